The predicted molar refractivity (Wildman–Crippen MR) is 121 cm³/mol. The molecule has 0 amide bonds. The highest BCUT2D eigenvalue weighted by Crippen LogP contribution is 2.45. The number of methoxy groups -OCH3 is 2. The lowest BCUT2D eigenvalue weighted by Gasteiger charge is -2.29. The molecule has 1 aromatic carbocycles. The number of nitrogens with one attached hydrogen (secondary N) is 1. The third kappa shape index (κ3) is 6.06. The summed E-state index contributed by atoms with van der Waals surface area (Å²) in [6.45, 7) is 7.06. The van der Waals surface area contributed by atoms with Crippen LogP contribution >= 0.6 is 23.5 Å². The lowest BCUT2D eigenvalue weighted by Crippen LogP contribution is -2.29. The number of H-pyrrole nitrogens is 1. The summed E-state index contributed by atoms with van der Waals surface area (Å²) in [6, 6.07) is 8.32. The second kappa shape index (κ2) is 10.4. The van der Waals surface area contributed by atoms with Crippen LogP contribution in [0.2, 0.25) is 19.6 Å². The van der Waals surface area contributed by atoms with Gasteiger partial charge in [0, 0.05) is 32.8 Å². The number of esters is 2. The number of aromatic amines is 1. The smallest absolute Gasteiger partial charge is 0.306 e. The molecule has 2 rings (SSSR count). The van der Waals surface area contributed by atoms with Gasteiger partial charge in [-0.1, -0.05) is 37.8 Å². The molecule has 0 bridgehead atoms. The van der Waals surface area contributed by atoms with Crippen LogP contribution in [0.25, 0.3) is 10.9 Å². The molecule has 0 aliphatic rings. The van der Waals surface area contributed by atoms with Crippen molar-refractivity contribution >= 4 is 54.4 Å². The predicted octanol–water partition coefficient (Wildman–Crippen LogP) is 5.04. The molecule has 8 heteroatoms. The Morgan fingerprint density at radius 2 is 1.64 bits per heavy atom. The maximum absolute atomic E-state index is 11.6. The van der Waals surface area contributed by atoms with Crippen LogP contribution in [0.5, 0.6) is 0 Å². The molecule has 1 N–H and O–H groups in total. The minimum atomic E-state index is -1.60. The van der Waals surface area contributed by atoms with Crippen LogP contribution in [-0.2, 0) is 19.1 Å². The van der Waals surface area contributed by atoms with Crippen molar-refractivity contribution in [2.24, 2.45) is 0 Å². The van der Waals surface area contributed by atoms with E-state index >= 15 is 0 Å². The van der Waals surface area contributed by atoms with E-state index in [1.54, 1.807) is 11.8 Å². The molecule has 1 aromatic heterocycles. The largest absolute Gasteiger partial charge is 0.469 e. The molecular formula is C20H29NO4S2Si. The number of hydrogen-bond acceptors (Lipinski definition) is 6. The Hall–Kier alpha value is -1.38. The molecule has 2 aromatic rings. The van der Waals surface area contributed by atoms with Crippen LogP contribution in [-0.4, -0.2) is 50.7 Å². The van der Waals surface area contributed by atoms with Crippen molar-refractivity contribution in [3.05, 3.63) is 29.8 Å². The van der Waals surface area contributed by atoms with Gasteiger partial charge in [-0.25, -0.2) is 0 Å². The van der Waals surface area contributed by atoms with Gasteiger partial charge in [-0.2, -0.15) is 11.8 Å². The standard InChI is InChI=1S/C20H29NO4S2Si/c1-24-16(22)10-12-26-19-18(14-8-6-7-9-15(14)21-19)20(28(3,4)5)27-13-11-17(23)25-2/h6-9,20-21H,10-13H2,1-5H3. The number of rotatable bonds is 10. The van der Waals surface area contributed by atoms with Crippen molar-refractivity contribution in [1.29, 1.82) is 0 Å². The first-order valence-electron chi connectivity index (χ1n) is 9.26. The Kier molecular flexibility index (Phi) is 8.51. The van der Waals surface area contributed by atoms with Gasteiger partial charge in [-0.15, -0.1) is 11.8 Å². The molecule has 1 atom stereocenters. The quantitative estimate of drug-likeness (QED) is 0.318. The van der Waals surface area contributed by atoms with E-state index in [1.165, 1.54) is 25.2 Å². The SMILES string of the molecule is COC(=O)CCSc1[nH]c2ccccc2c1C(SCCC(=O)OC)[Si](C)(C)C. The molecule has 1 heterocycles. The lowest BCUT2D eigenvalue weighted by molar-refractivity contribution is -0.141. The summed E-state index contributed by atoms with van der Waals surface area (Å²) in [5, 5.41) is 2.34. The molecule has 0 saturated carbocycles. The third-order valence-corrected chi connectivity index (χ3v) is 10.9. The molecule has 0 fully saturated rings. The normalized spacial score (nSPS) is 12.8. The fourth-order valence-electron chi connectivity index (χ4n) is 2.98. The van der Waals surface area contributed by atoms with Crippen LogP contribution in [0.1, 0.15) is 23.3 Å². The topological polar surface area (TPSA) is 68.4 Å². The fourth-order valence-corrected chi connectivity index (χ4v) is 8.65. The average Bonchev–Trinajstić information content (AvgIpc) is 3.01. The van der Waals surface area contributed by atoms with E-state index in [9.17, 15) is 9.59 Å². The highest BCUT2D eigenvalue weighted by atomic mass is 32.2. The first kappa shape index (κ1) is 22.9. The molecular weight excluding hydrogens is 410 g/mol. The van der Waals surface area contributed by atoms with Gasteiger partial charge >= 0.3 is 11.9 Å². The van der Waals surface area contributed by atoms with Crippen molar-refractivity contribution < 1.29 is 19.1 Å². The summed E-state index contributed by atoms with van der Waals surface area (Å²) in [4.78, 5) is 26.9. The Morgan fingerprint density at radius 3 is 2.25 bits per heavy atom. The van der Waals surface area contributed by atoms with Crippen LogP contribution in [0.3, 0.4) is 0 Å². The minimum absolute atomic E-state index is 0.173. The summed E-state index contributed by atoms with van der Waals surface area (Å²) in [6.07, 6.45) is 0.790. The average molecular weight is 440 g/mol. The maximum atomic E-state index is 11.6. The van der Waals surface area contributed by atoms with Gasteiger partial charge in [0.15, 0.2) is 0 Å². The van der Waals surface area contributed by atoms with Gasteiger partial charge in [0.2, 0.25) is 0 Å². The highest BCUT2D eigenvalue weighted by Gasteiger charge is 2.33. The first-order valence-corrected chi connectivity index (χ1v) is 14.9. The third-order valence-electron chi connectivity index (χ3n) is 4.36. The number of ether oxygens (including phenoxy) is 2. The van der Waals surface area contributed by atoms with Gasteiger partial charge < -0.3 is 14.5 Å². The van der Waals surface area contributed by atoms with Crippen molar-refractivity contribution in [3.63, 3.8) is 0 Å². The van der Waals surface area contributed by atoms with E-state index in [1.807, 2.05) is 17.8 Å². The number of fused-ring (bicyclic) bond motifs is 1. The number of aromatic nitrogens is 1. The number of hydrogen-bond donors (Lipinski definition) is 1. The molecule has 0 saturated heterocycles. The summed E-state index contributed by atoms with van der Waals surface area (Å²) in [5.74, 6) is 1.03. The Bertz CT molecular complexity index is 816. The zero-order valence-corrected chi connectivity index (χ0v) is 19.8. The van der Waals surface area contributed by atoms with Gasteiger partial charge in [-0.05, 0) is 6.07 Å². The zero-order chi connectivity index (χ0) is 20.7. The zero-order valence-electron chi connectivity index (χ0n) is 17.2. The number of para-hydroxylation sites is 1. The summed E-state index contributed by atoms with van der Waals surface area (Å²) >= 11 is 3.51. The number of thioether (sulfide) groups is 2. The van der Waals surface area contributed by atoms with Crippen molar-refractivity contribution in [1.82, 2.24) is 4.98 Å². The van der Waals surface area contributed by atoms with Crippen LogP contribution in [0, 0.1) is 0 Å². The van der Waals surface area contributed by atoms with Crippen LogP contribution in [0.15, 0.2) is 29.3 Å². The number of benzene rings is 1. The van der Waals surface area contributed by atoms with Crippen LogP contribution in [0.4, 0.5) is 0 Å². The molecule has 5 nitrogen and oxygen atoms in total. The molecule has 0 spiro atoms. The second-order valence-electron chi connectivity index (χ2n) is 7.53. The van der Waals surface area contributed by atoms with Gasteiger partial charge in [0.05, 0.1) is 40.2 Å². The summed E-state index contributed by atoms with van der Waals surface area (Å²) in [7, 11) is 1.24. The molecule has 154 valence electrons. The van der Waals surface area contributed by atoms with E-state index in [-0.39, 0.29) is 11.9 Å². The maximum Gasteiger partial charge on any atom is 0.306 e. The van der Waals surface area contributed by atoms with Gasteiger partial charge in [-0.3, -0.25) is 9.59 Å². The molecule has 0 aliphatic carbocycles. The summed E-state index contributed by atoms with van der Waals surface area (Å²) < 4.78 is 9.56. The lowest BCUT2D eigenvalue weighted by atomic mass is 10.2. The Balaban J connectivity index is 2.33. The van der Waals surface area contributed by atoms with Gasteiger partial charge in [0.1, 0.15) is 0 Å². The molecule has 0 aliphatic heterocycles. The number of carbonyl (C=O) groups is 2. The van der Waals surface area contributed by atoms with Gasteiger partial charge in [0.25, 0.3) is 0 Å². The molecule has 0 radical (unpaired) electrons. The first-order chi connectivity index (χ1) is 13.3. The Labute approximate surface area is 176 Å². The second-order valence-corrected chi connectivity index (χ2v) is 15.6. The van der Waals surface area contributed by atoms with Crippen LogP contribution < -0.4 is 0 Å². The summed E-state index contributed by atoms with van der Waals surface area (Å²) in [5.41, 5.74) is 2.41. The highest BCUT2D eigenvalue weighted by molar-refractivity contribution is 8.01. The minimum Gasteiger partial charge on any atom is -0.469 e. The van der Waals surface area contributed by atoms with E-state index in [0.29, 0.717) is 23.5 Å². The van der Waals surface area contributed by atoms with Crippen molar-refractivity contribution in [3.8, 4) is 0 Å². The number of carbonyl (C=O) groups excluding carboxylic acids is 2. The van der Waals surface area contributed by atoms with Crippen molar-refractivity contribution in [2.75, 3.05) is 25.7 Å². The van der Waals surface area contributed by atoms with E-state index in [4.69, 9.17) is 9.47 Å². The van der Waals surface area contributed by atoms with E-state index < -0.39 is 8.07 Å². The molecule has 1 unspecified atom stereocenters. The van der Waals surface area contributed by atoms with Crippen molar-refractivity contribution in [2.45, 2.75) is 42.4 Å². The fraction of sp³-hybridized carbons (Fsp3) is 0.500. The van der Waals surface area contributed by atoms with E-state index in [0.717, 1.165) is 16.3 Å². The Morgan fingerprint density at radius 1 is 1.04 bits per heavy atom. The molecule has 28 heavy (non-hydrogen) atoms. The monoisotopic (exact) mass is 439 g/mol. The van der Waals surface area contributed by atoms with E-state index in [2.05, 4.69) is 42.8 Å².